The monoisotopic (exact) mass is 403 g/mol. The van der Waals surface area contributed by atoms with Crippen LogP contribution in [-0.4, -0.2) is 13.2 Å². The van der Waals surface area contributed by atoms with Crippen molar-refractivity contribution in [1.82, 2.24) is 5.32 Å². The number of nitrogens with one attached hydrogen (secondary N) is 1. The minimum absolute atomic E-state index is 0.851. The maximum Gasteiger partial charge on any atom is 0.119 e. The Kier molecular flexibility index (Phi) is 18.2. The van der Waals surface area contributed by atoms with E-state index in [1.807, 2.05) is 0 Å². The highest BCUT2D eigenvalue weighted by Crippen LogP contribution is 2.15. The van der Waals surface area contributed by atoms with Crippen LogP contribution in [0.2, 0.25) is 0 Å². The number of unbranched alkanes of at least 4 members (excludes halogenated alkanes) is 14. The number of benzene rings is 1. The van der Waals surface area contributed by atoms with E-state index in [0.717, 1.165) is 25.4 Å². The molecule has 0 saturated carbocycles. The predicted molar refractivity (Wildman–Crippen MR) is 129 cm³/mol. The molecule has 0 spiro atoms. The van der Waals surface area contributed by atoms with Crippen molar-refractivity contribution in [3.63, 3.8) is 0 Å². The fraction of sp³-hybridized carbons (Fsp3) is 0.778. The summed E-state index contributed by atoms with van der Waals surface area (Å²) in [7, 11) is 0. The van der Waals surface area contributed by atoms with Crippen LogP contribution < -0.4 is 10.1 Å². The second-order valence-electron chi connectivity index (χ2n) is 8.62. The van der Waals surface area contributed by atoms with Crippen molar-refractivity contribution in [3.05, 3.63) is 29.8 Å². The van der Waals surface area contributed by atoms with Crippen molar-refractivity contribution in [2.75, 3.05) is 13.2 Å². The van der Waals surface area contributed by atoms with E-state index < -0.39 is 0 Å². The third-order valence-corrected chi connectivity index (χ3v) is 5.70. The summed E-state index contributed by atoms with van der Waals surface area (Å²) >= 11 is 0. The Morgan fingerprint density at radius 2 is 1.21 bits per heavy atom. The number of hydrogen-bond acceptors (Lipinski definition) is 2. The van der Waals surface area contributed by atoms with Crippen LogP contribution >= 0.6 is 0 Å². The van der Waals surface area contributed by atoms with E-state index in [4.69, 9.17) is 4.74 Å². The average molecular weight is 404 g/mol. The molecule has 0 aliphatic carbocycles. The molecule has 0 saturated heterocycles. The smallest absolute Gasteiger partial charge is 0.119 e. The van der Waals surface area contributed by atoms with E-state index in [1.165, 1.54) is 108 Å². The minimum Gasteiger partial charge on any atom is -0.494 e. The van der Waals surface area contributed by atoms with Gasteiger partial charge in [-0.1, -0.05) is 116 Å². The van der Waals surface area contributed by atoms with Gasteiger partial charge in [0.15, 0.2) is 0 Å². The van der Waals surface area contributed by atoms with E-state index in [2.05, 4.69) is 43.4 Å². The lowest BCUT2D eigenvalue weighted by molar-refractivity contribution is 0.304. The number of rotatable bonds is 21. The molecule has 0 atom stereocenters. The maximum atomic E-state index is 5.96. The third-order valence-electron chi connectivity index (χ3n) is 5.70. The van der Waals surface area contributed by atoms with Crippen LogP contribution in [0.4, 0.5) is 0 Å². The summed E-state index contributed by atoms with van der Waals surface area (Å²) in [5.41, 5.74) is 1.33. The van der Waals surface area contributed by atoms with Gasteiger partial charge in [-0.25, -0.2) is 0 Å². The van der Waals surface area contributed by atoms with Crippen molar-refractivity contribution in [2.45, 2.75) is 123 Å². The highest BCUT2D eigenvalue weighted by Gasteiger charge is 1.98. The predicted octanol–water partition coefficient (Wildman–Crippen LogP) is 8.44. The summed E-state index contributed by atoms with van der Waals surface area (Å²) in [6, 6.07) is 8.61. The molecule has 1 aromatic carbocycles. The molecule has 1 rings (SSSR count). The lowest BCUT2D eigenvalue weighted by Gasteiger charge is -2.09. The Bertz CT molecular complexity index is 460. The first kappa shape index (κ1) is 26.0. The lowest BCUT2D eigenvalue weighted by Crippen LogP contribution is -2.14. The SMILES string of the molecule is CCCCCCCCCCNCc1cccc(OCCCCCCCCCC)c1. The minimum atomic E-state index is 0.851. The van der Waals surface area contributed by atoms with Crippen molar-refractivity contribution in [2.24, 2.45) is 0 Å². The first-order valence-corrected chi connectivity index (χ1v) is 12.8. The van der Waals surface area contributed by atoms with Crippen molar-refractivity contribution < 1.29 is 4.74 Å². The Hall–Kier alpha value is -1.02. The van der Waals surface area contributed by atoms with E-state index in [1.54, 1.807) is 0 Å². The van der Waals surface area contributed by atoms with Gasteiger partial charge < -0.3 is 10.1 Å². The van der Waals surface area contributed by atoms with Crippen molar-refractivity contribution in [3.8, 4) is 5.75 Å². The zero-order chi connectivity index (χ0) is 20.8. The van der Waals surface area contributed by atoms with E-state index in [0.29, 0.717) is 0 Å². The standard InChI is InChI=1S/C27H49NO/c1-3-5-7-9-11-13-15-17-22-28-25-26-20-19-21-27(24-26)29-23-18-16-14-12-10-8-6-4-2/h19-21,24,28H,3-18,22-23,25H2,1-2H3. The molecular formula is C27H49NO. The molecule has 2 nitrogen and oxygen atoms in total. The van der Waals surface area contributed by atoms with Gasteiger partial charge in [0.25, 0.3) is 0 Å². The molecule has 0 bridgehead atoms. The lowest BCUT2D eigenvalue weighted by atomic mass is 10.1. The molecule has 29 heavy (non-hydrogen) atoms. The Balaban J connectivity index is 1.98. The summed E-state index contributed by atoms with van der Waals surface area (Å²) in [5, 5.41) is 3.59. The molecule has 0 aromatic heterocycles. The fourth-order valence-electron chi connectivity index (χ4n) is 3.79. The van der Waals surface area contributed by atoms with Gasteiger partial charge in [0.05, 0.1) is 6.61 Å². The van der Waals surface area contributed by atoms with E-state index in [-0.39, 0.29) is 0 Å². The first-order chi connectivity index (χ1) is 14.4. The summed E-state index contributed by atoms with van der Waals surface area (Å²) < 4.78 is 5.96. The molecule has 0 heterocycles. The zero-order valence-corrected chi connectivity index (χ0v) is 19.7. The van der Waals surface area contributed by atoms with Crippen molar-refractivity contribution in [1.29, 1.82) is 0 Å². The van der Waals surface area contributed by atoms with Gasteiger partial charge in [-0.3, -0.25) is 0 Å². The Morgan fingerprint density at radius 3 is 1.83 bits per heavy atom. The normalized spacial score (nSPS) is 11.1. The van der Waals surface area contributed by atoms with Gasteiger partial charge in [-0.2, -0.15) is 0 Å². The Labute approximate surface area is 182 Å². The van der Waals surface area contributed by atoms with Crippen molar-refractivity contribution >= 4 is 0 Å². The van der Waals surface area contributed by atoms with Gasteiger partial charge in [0.2, 0.25) is 0 Å². The largest absolute Gasteiger partial charge is 0.494 e. The van der Waals surface area contributed by atoms with Crippen LogP contribution in [-0.2, 0) is 6.54 Å². The molecule has 1 N–H and O–H groups in total. The van der Waals surface area contributed by atoms with E-state index >= 15 is 0 Å². The van der Waals surface area contributed by atoms with Gasteiger partial charge in [0, 0.05) is 6.54 Å². The topological polar surface area (TPSA) is 21.3 Å². The molecule has 0 unspecified atom stereocenters. The van der Waals surface area contributed by atoms with Crippen LogP contribution in [0.25, 0.3) is 0 Å². The molecule has 0 radical (unpaired) electrons. The van der Waals surface area contributed by atoms with Gasteiger partial charge >= 0.3 is 0 Å². The quantitative estimate of drug-likeness (QED) is 0.208. The summed E-state index contributed by atoms with van der Waals surface area (Å²) in [4.78, 5) is 0. The highest BCUT2D eigenvalue weighted by atomic mass is 16.5. The average Bonchev–Trinajstić information content (AvgIpc) is 2.74. The number of hydrogen-bond donors (Lipinski definition) is 1. The second kappa shape index (κ2) is 20.3. The fourth-order valence-corrected chi connectivity index (χ4v) is 3.79. The first-order valence-electron chi connectivity index (χ1n) is 12.8. The van der Waals surface area contributed by atoms with E-state index in [9.17, 15) is 0 Å². The molecule has 168 valence electrons. The molecule has 0 aliphatic heterocycles. The molecule has 1 aromatic rings. The maximum absolute atomic E-state index is 5.96. The van der Waals surface area contributed by atoms with Gasteiger partial charge in [-0.05, 0) is 37.1 Å². The van der Waals surface area contributed by atoms with Crippen LogP contribution in [0.3, 0.4) is 0 Å². The van der Waals surface area contributed by atoms with Crippen LogP contribution in [0.15, 0.2) is 24.3 Å². The number of ether oxygens (including phenoxy) is 1. The molecular weight excluding hydrogens is 354 g/mol. The summed E-state index contributed by atoms with van der Waals surface area (Å²) in [6.45, 7) is 7.48. The molecule has 0 aliphatic rings. The Morgan fingerprint density at radius 1 is 0.655 bits per heavy atom. The third kappa shape index (κ3) is 16.5. The summed E-state index contributed by atoms with van der Waals surface area (Å²) in [6.07, 6.45) is 21.8. The van der Waals surface area contributed by atoms with Gasteiger partial charge in [0.1, 0.15) is 5.75 Å². The molecule has 0 fully saturated rings. The van der Waals surface area contributed by atoms with Crippen LogP contribution in [0.1, 0.15) is 122 Å². The summed E-state index contributed by atoms with van der Waals surface area (Å²) in [5.74, 6) is 1.03. The van der Waals surface area contributed by atoms with Crippen LogP contribution in [0.5, 0.6) is 5.75 Å². The zero-order valence-electron chi connectivity index (χ0n) is 19.7. The van der Waals surface area contributed by atoms with Crippen LogP contribution in [0, 0.1) is 0 Å². The highest BCUT2D eigenvalue weighted by molar-refractivity contribution is 5.28. The molecule has 0 amide bonds. The molecule has 2 heteroatoms. The van der Waals surface area contributed by atoms with Gasteiger partial charge in [-0.15, -0.1) is 0 Å². The second-order valence-corrected chi connectivity index (χ2v) is 8.62.